The van der Waals surface area contributed by atoms with Crippen LogP contribution in [0.1, 0.15) is 40.0 Å². The molecule has 0 spiro atoms. The molecule has 0 aromatic heterocycles. The second kappa shape index (κ2) is 5.96. The predicted octanol–water partition coefficient (Wildman–Crippen LogP) is 4.91. The minimum absolute atomic E-state index is 0.0500. The summed E-state index contributed by atoms with van der Waals surface area (Å²) in [6.07, 6.45) is 3.37. The first-order chi connectivity index (χ1) is 10.7. The Morgan fingerprint density at radius 3 is 2.83 bits per heavy atom. The molecular formula is C18H23BrClNO2. The van der Waals surface area contributed by atoms with Crippen molar-refractivity contribution in [1.29, 1.82) is 0 Å². The van der Waals surface area contributed by atoms with Gasteiger partial charge in [-0.3, -0.25) is 4.79 Å². The van der Waals surface area contributed by atoms with Crippen molar-refractivity contribution in [1.82, 2.24) is 4.90 Å². The average Bonchev–Trinajstić information content (AvgIpc) is 2.66. The lowest BCUT2D eigenvalue weighted by Crippen LogP contribution is -2.40. The maximum atomic E-state index is 12.6. The number of hydrogen-bond acceptors (Lipinski definition) is 2. The van der Waals surface area contributed by atoms with E-state index in [9.17, 15) is 4.79 Å². The van der Waals surface area contributed by atoms with Gasteiger partial charge in [0.25, 0.3) is 5.91 Å². The second-order valence-electron chi connectivity index (χ2n) is 8.10. The Labute approximate surface area is 151 Å². The first-order valence-corrected chi connectivity index (χ1v) is 9.22. The molecule has 2 aliphatic rings. The first-order valence-electron chi connectivity index (χ1n) is 8.05. The molecule has 1 saturated carbocycles. The molecule has 0 radical (unpaired) electrons. The molecule has 2 bridgehead atoms. The molecule has 1 amide bonds. The molecule has 0 N–H and O–H groups in total. The van der Waals surface area contributed by atoms with Gasteiger partial charge in [-0.1, -0.05) is 48.3 Å². The van der Waals surface area contributed by atoms with E-state index in [-0.39, 0.29) is 17.9 Å². The van der Waals surface area contributed by atoms with E-state index < -0.39 is 0 Å². The molecule has 3 rings (SSSR count). The lowest BCUT2D eigenvalue weighted by Gasteiger charge is -2.39. The van der Waals surface area contributed by atoms with Gasteiger partial charge in [-0.05, 0) is 48.3 Å². The van der Waals surface area contributed by atoms with Crippen molar-refractivity contribution in [2.45, 2.75) is 46.1 Å². The number of hydrogen-bond donors (Lipinski definition) is 0. The zero-order chi connectivity index (χ0) is 16.8. The van der Waals surface area contributed by atoms with Crippen LogP contribution in [0.25, 0.3) is 0 Å². The lowest BCUT2D eigenvalue weighted by atomic mass is 9.65. The number of carbonyl (C=O) groups is 1. The van der Waals surface area contributed by atoms with Gasteiger partial charge in [-0.25, -0.2) is 0 Å². The Balaban J connectivity index is 1.65. The van der Waals surface area contributed by atoms with E-state index in [1.165, 1.54) is 6.42 Å². The van der Waals surface area contributed by atoms with Crippen molar-refractivity contribution in [2.24, 2.45) is 10.8 Å². The zero-order valence-corrected chi connectivity index (χ0v) is 16.2. The summed E-state index contributed by atoms with van der Waals surface area (Å²) in [6.45, 7) is 7.82. The van der Waals surface area contributed by atoms with E-state index in [2.05, 4.69) is 36.7 Å². The van der Waals surface area contributed by atoms with E-state index in [1.807, 2.05) is 11.0 Å². The Morgan fingerprint density at radius 1 is 1.39 bits per heavy atom. The largest absolute Gasteiger partial charge is 0.482 e. The molecule has 1 saturated heterocycles. The Kier molecular flexibility index (Phi) is 4.43. The summed E-state index contributed by atoms with van der Waals surface area (Å²) in [5.41, 5.74) is 0.555. The summed E-state index contributed by atoms with van der Waals surface area (Å²) in [5, 5.41) is 0.514. The first kappa shape index (κ1) is 17.1. The van der Waals surface area contributed by atoms with Crippen molar-refractivity contribution in [2.75, 3.05) is 13.2 Å². The van der Waals surface area contributed by atoms with Crippen molar-refractivity contribution in [3.05, 3.63) is 27.7 Å². The molecular weight excluding hydrogens is 378 g/mol. The quantitative estimate of drug-likeness (QED) is 0.721. The molecule has 1 aromatic carbocycles. The van der Waals surface area contributed by atoms with E-state index in [0.717, 1.165) is 23.9 Å². The third-order valence-electron chi connectivity index (χ3n) is 4.98. The third-order valence-corrected chi connectivity index (χ3v) is 5.77. The van der Waals surface area contributed by atoms with Crippen molar-refractivity contribution < 1.29 is 9.53 Å². The molecule has 126 valence electrons. The number of rotatable bonds is 3. The fourth-order valence-electron chi connectivity index (χ4n) is 4.57. The van der Waals surface area contributed by atoms with Gasteiger partial charge >= 0.3 is 0 Å². The van der Waals surface area contributed by atoms with Gasteiger partial charge in [-0.2, -0.15) is 0 Å². The number of benzene rings is 1. The number of halogens is 2. The van der Waals surface area contributed by atoms with E-state index in [0.29, 0.717) is 22.2 Å². The molecule has 1 aliphatic carbocycles. The number of likely N-dealkylation sites (tertiary alicyclic amines) is 1. The highest BCUT2D eigenvalue weighted by atomic mass is 79.9. The molecule has 5 heteroatoms. The van der Waals surface area contributed by atoms with Crippen LogP contribution in [0.2, 0.25) is 5.02 Å². The topological polar surface area (TPSA) is 29.5 Å². The lowest BCUT2D eigenvalue weighted by molar-refractivity contribution is -0.134. The van der Waals surface area contributed by atoms with Gasteiger partial charge in [0.1, 0.15) is 5.75 Å². The van der Waals surface area contributed by atoms with E-state index in [4.69, 9.17) is 16.3 Å². The van der Waals surface area contributed by atoms with Crippen LogP contribution >= 0.6 is 27.5 Å². The van der Waals surface area contributed by atoms with Gasteiger partial charge < -0.3 is 9.64 Å². The van der Waals surface area contributed by atoms with Gasteiger partial charge in [-0.15, -0.1) is 0 Å². The minimum atomic E-state index is 0.0500. The number of ether oxygens (including phenoxy) is 1. The van der Waals surface area contributed by atoms with Crippen molar-refractivity contribution >= 4 is 33.4 Å². The van der Waals surface area contributed by atoms with Gasteiger partial charge in [0.15, 0.2) is 6.61 Å². The molecule has 0 unspecified atom stereocenters. The normalized spacial score (nSPS) is 28.7. The number of carbonyl (C=O) groups excluding carboxylic acids is 1. The standard InChI is InChI=1S/C18H23BrClNO2/c1-17(2)7-13-8-18(3,10-17)11-21(13)16(22)9-23-15-5-4-12(19)6-14(15)20/h4-6,13H,7-11H2,1-3H3/t13-,18+/m1/s1. The summed E-state index contributed by atoms with van der Waals surface area (Å²) in [4.78, 5) is 14.7. The molecule has 1 aromatic rings. The smallest absolute Gasteiger partial charge is 0.260 e. The monoisotopic (exact) mass is 399 g/mol. The highest BCUT2D eigenvalue weighted by molar-refractivity contribution is 9.10. The Bertz CT molecular complexity index is 633. The van der Waals surface area contributed by atoms with Crippen LogP contribution in [0.15, 0.2) is 22.7 Å². The van der Waals surface area contributed by atoms with E-state index >= 15 is 0 Å². The predicted molar refractivity (Wildman–Crippen MR) is 95.9 cm³/mol. The molecule has 1 aliphatic heterocycles. The molecule has 3 nitrogen and oxygen atoms in total. The molecule has 2 fully saturated rings. The van der Waals surface area contributed by atoms with Crippen molar-refractivity contribution in [3.8, 4) is 5.75 Å². The summed E-state index contributed by atoms with van der Waals surface area (Å²) in [6, 6.07) is 5.76. The molecule has 23 heavy (non-hydrogen) atoms. The summed E-state index contributed by atoms with van der Waals surface area (Å²) in [7, 11) is 0. The van der Waals surface area contributed by atoms with Crippen LogP contribution in [0.5, 0.6) is 5.75 Å². The number of fused-ring (bicyclic) bond motifs is 2. The van der Waals surface area contributed by atoms with Gasteiger partial charge in [0.2, 0.25) is 0 Å². The second-order valence-corrected chi connectivity index (χ2v) is 9.42. The molecule has 2 atom stereocenters. The average molecular weight is 401 g/mol. The van der Waals surface area contributed by atoms with Gasteiger partial charge in [0, 0.05) is 17.1 Å². The fraction of sp³-hybridized carbons (Fsp3) is 0.611. The highest BCUT2D eigenvalue weighted by Gasteiger charge is 2.50. The van der Waals surface area contributed by atoms with Crippen LogP contribution in [0.3, 0.4) is 0 Å². The Morgan fingerprint density at radius 2 is 2.13 bits per heavy atom. The summed E-state index contributed by atoms with van der Waals surface area (Å²) in [5.74, 6) is 0.618. The minimum Gasteiger partial charge on any atom is -0.482 e. The maximum absolute atomic E-state index is 12.6. The van der Waals surface area contributed by atoms with E-state index in [1.54, 1.807) is 12.1 Å². The summed E-state index contributed by atoms with van der Waals surface area (Å²) < 4.78 is 6.55. The van der Waals surface area contributed by atoms with Crippen molar-refractivity contribution in [3.63, 3.8) is 0 Å². The van der Waals surface area contributed by atoms with Crippen LogP contribution in [0, 0.1) is 10.8 Å². The zero-order valence-electron chi connectivity index (χ0n) is 13.9. The fourth-order valence-corrected chi connectivity index (χ4v) is 5.29. The highest BCUT2D eigenvalue weighted by Crippen LogP contribution is 2.52. The van der Waals surface area contributed by atoms with Crippen LogP contribution < -0.4 is 4.74 Å². The number of amides is 1. The van der Waals surface area contributed by atoms with Crippen LogP contribution in [-0.2, 0) is 4.79 Å². The summed E-state index contributed by atoms with van der Waals surface area (Å²) >= 11 is 9.50. The number of nitrogens with zero attached hydrogens (tertiary/aromatic N) is 1. The van der Waals surface area contributed by atoms with Gasteiger partial charge in [0.05, 0.1) is 5.02 Å². The maximum Gasteiger partial charge on any atom is 0.260 e. The van der Waals surface area contributed by atoms with Crippen LogP contribution in [-0.4, -0.2) is 30.0 Å². The molecule has 1 heterocycles. The Hall–Kier alpha value is -0.740. The SMILES string of the molecule is CC1(C)C[C@@H]2C[C@](C)(CN2C(=O)COc2ccc(Br)cc2Cl)C1. The third kappa shape index (κ3) is 3.69. The van der Waals surface area contributed by atoms with Crippen LogP contribution in [0.4, 0.5) is 0 Å².